The van der Waals surface area contributed by atoms with Crippen LogP contribution in [0.1, 0.15) is 6.92 Å². The number of hydrogen-bond acceptors (Lipinski definition) is 6. The van der Waals surface area contributed by atoms with Gasteiger partial charge in [-0.05, 0) is 19.1 Å². The second-order valence-electron chi connectivity index (χ2n) is 4.08. The number of anilines is 1. The first-order valence-electron chi connectivity index (χ1n) is 6.32. The summed E-state index contributed by atoms with van der Waals surface area (Å²) in [6.07, 6.45) is 3.15. The van der Waals surface area contributed by atoms with Gasteiger partial charge in [-0.15, -0.1) is 5.10 Å². The number of hydrogen-bond donors (Lipinski definition) is 2. The molecule has 0 aliphatic rings. The van der Waals surface area contributed by atoms with Crippen LogP contribution in [0.2, 0.25) is 0 Å². The third-order valence-corrected chi connectivity index (χ3v) is 2.65. The number of nitrogens with two attached hydrogens (primary N) is 1. The molecule has 1 aromatic carbocycles. The van der Waals surface area contributed by atoms with E-state index in [0.29, 0.717) is 11.4 Å². The first-order chi connectivity index (χ1) is 10.1. The van der Waals surface area contributed by atoms with Crippen LogP contribution < -0.4 is 11.1 Å². The number of nitrogens with one attached hydrogen (secondary N) is 1. The van der Waals surface area contributed by atoms with Crippen LogP contribution in [0.15, 0.2) is 36.7 Å². The molecular weight excluding hydrogens is 274 g/mol. The quantitative estimate of drug-likeness (QED) is 0.596. The Hall–Kier alpha value is -2.74. The van der Waals surface area contributed by atoms with Crippen molar-refractivity contribution in [3.05, 3.63) is 36.7 Å². The minimum atomic E-state index is -1.38. The Morgan fingerprint density at radius 1 is 1.43 bits per heavy atom. The molecule has 21 heavy (non-hydrogen) atoms. The smallest absolute Gasteiger partial charge is 0.332 e. The fourth-order valence-corrected chi connectivity index (χ4v) is 1.67. The number of aromatic nitrogens is 3. The van der Waals surface area contributed by atoms with Gasteiger partial charge in [-0.2, -0.15) is 0 Å². The van der Waals surface area contributed by atoms with Crippen molar-refractivity contribution in [2.45, 2.75) is 13.0 Å². The highest BCUT2D eigenvalue weighted by Crippen LogP contribution is 2.18. The minimum absolute atomic E-state index is 0.162. The van der Waals surface area contributed by atoms with E-state index in [1.165, 1.54) is 10.9 Å². The van der Waals surface area contributed by atoms with Gasteiger partial charge in [0.1, 0.15) is 0 Å². The Labute approximate surface area is 120 Å². The molecule has 3 N–H and O–H groups in total. The van der Waals surface area contributed by atoms with Crippen molar-refractivity contribution in [2.75, 3.05) is 11.9 Å². The number of nitrogens with zero attached hydrogens (tertiary/aromatic N) is 3. The topological polar surface area (TPSA) is 112 Å². The van der Waals surface area contributed by atoms with Crippen LogP contribution >= 0.6 is 0 Å². The van der Waals surface area contributed by atoms with E-state index >= 15 is 0 Å². The summed E-state index contributed by atoms with van der Waals surface area (Å²) in [5.41, 5.74) is 6.62. The molecule has 0 radical (unpaired) electrons. The van der Waals surface area contributed by atoms with Gasteiger partial charge in [-0.3, -0.25) is 4.79 Å². The molecule has 1 amide bonds. The van der Waals surface area contributed by atoms with Crippen LogP contribution in [-0.4, -0.2) is 39.5 Å². The average Bonchev–Trinajstić information content (AvgIpc) is 3.01. The number of carbonyl (C=O) groups excluding carboxylic acids is 2. The summed E-state index contributed by atoms with van der Waals surface area (Å²) in [5, 5.41) is 10.1. The lowest BCUT2D eigenvalue weighted by Crippen LogP contribution is -2.43. The summed E-state index contributed by atoms with van der Waals surface area (Å²) < 4.78 is 6.20. The van der Waals surface area contributed by atoms with Gasteiger partial charge in [-0.1, -0.05) is 17.3 Å². The van der Waals surface area contributed by atoms with Crippen molar-refractivity contribution in [1.82, 2.24) is 15.0 Å². The molecule has 2 aromatic rings. The number of benzene rings is 1. The largest absolute Gasteiger partial charge is 0.464 e. The number of ether oxygens (including phenoxy) is 1. The van der Waals surface area contributed by atoms with Gasteiger partial charge in [0, 0.05) is 0 Å². The number of para-hydroxylation sites is 2. The zero-order valence-corrected chi connectivity index (χ0v) is 11.4. The van der Waals surface area contributed by atoms with Gasteiger partial charge in [0.25, 0.3) is 5.91 Å². The minimum Gasteiger partial charge on any atom is -0.464 e. The highest BCUT2D eigenvalue weighted by atomic mass is 16.5. The molecular formula is C13H15N5O3. The van der Waals surface area contributed by atoms with E-state index in [2.05, 4.69) is 15.6 Å². The van der Waals surface area contributed by atoms with Crippen LogP contribution in [0, 0.1) is 0 Å². The van der Waals surface area contributed by atoms with Crippen molar-refractivity contribution >= 4 is 17.6 Å². The lowest BCUT2D eigenvalue weighted by molar-refractivity contribution is -0.146. The number of amides is 1. The Bertz CT molecular complexity index is 626. The van der Waals surface area contributed by atoms with E-state index < -0.39 is 17.9 Å². The maximum atomic E-state index is 12.0. The molecule has 0 fully saturated rings. The first-order valence-corrected chi connectivity index (χ1v) is 6.32. The third kappa shape index (κ3) is 3.42. The lowest BCUT2D eigenvalue weighted by Gasteiger charge is -2.13. The van der Waals surface area contributed by atoms with E-state index in [-0.39, 0.29) is 6.61 Å². The molecule has 2 rings (SSSR count). The van der Waals surface area contributed by atoms with Gasteiger partial charge in [0.05, 0.1) is 30.4 Å². The van der Waals surface area contributed by atoms with Crippen LogP contribution in [0.4, 0.5) is 5.69 Å². The van der Waals surface area contributed by atoms with E-state index in [1.54, 1.807) is 37.4 Å². The van der Waals surface area contributed by atoms with Crippen molar-refractivity contribution < 1.29 is 14.3 Å². The van der Waals surface area contributed by atoms with E-state index in [9.17, 15) is 9.59 Å². The van der Waals surface area contributed by atoms with Crippen LogP contribution in [0.3, 0.4) is 0 Å². The normalized spacial score (nSPS) is 11.7. The Morgan fingerprint density at radius 2 is 2.19 bits per heavy atom. The lowest BCUT2D eigenvalue weighted by atomic mass is 10.2. The Kier molecular flexibility index (Phi) is 4.62. The molecule has 0 bridgehead atoms. The van der Waals surface area contributed by atoms with Crippen molar-refractivity contribution in [3.8, 4) is 5.69 Å². The number of carbonyl (C=O) groups is 2. The maximum Gasteiger partial charge on any atom is 0.332 e. The monoisotopic (exact) mass is 289 g/mol. The van der Waals surface area contributed by atoms with Gasteiger partial charge in [0.15, 0.2) is 6.04 Å². The predicted molar refractivity (Wildman–Crippen MR) is 74.6 cm³/mol. The molecule has 0 saturated heterocycles. The van der Waals surface area contributed by atoms with Crippen LogP contribution in [0.5, 0.6) is 0 Å². The third-order valence-electron chi connectivity index (χ3n) is 2.65. The van der Waals surface area contributed by atoms with E-state index in [0.717, 1.165) is 0 Å². The van der Waals surface area contributed by atoms with Gasteiger partial charge >= 0.3 is 5.97 Å². The molecule has 8 heteroatoms. The second-order valence-corrected chi connectivity index (χ2v) is 4.08. The molecule has 8 nitrogen and oxygen atoms in total. The fraction of sp³-hybridized carbons (Fsp3) is 0.231. The summed E-state index contributed by atoms with van der Waals surface area (Å²) in [7, 11) is 0. The van der Waals surface area contributed by atoms with Gasteiger partial charge in [0.2, 0.25) is 0 Å². The highest BCUT2D eigenvalue weighted by Gasteiger charge is 2.24. The number of rotatable bonds is 5. The molecule has 0 saturated carbocycles. The van der Waals surface area contributed by atoms with E-state index in [4.69, 9.17) is 10.5 Å². The molecule has 1 unspecified atom stereocenters. The maximum absolute atomic E-state index is 12.0. The SMILES string of the molecule is CCOC(=O)C(N)C(=O)Nc1ccccc1-n1ccnn1. The van der Waals surface area contributed by atoms with Gasteiger partial charge in [-0.25, -0.2) is 9.48 Å². The van der Waals surface area contributed by atoms with Crippen molar-refractivity contribution in [3.63, 3.8) is 0 Å². The van der Waals surface area contributed by atoms with Gasteiger partial charge < -0.3 is 15.8 Å². The Balaban J connectivity index is 2.17. The van der Waals surface area contributed by atoms with Crippen LogP contribution in [-0.2, 0) is 14.3 Å². The van der Waals surface area contributed by atoms with Crippen molar-refractivity contribution in [1.29, 1.82) is 0 Å². The summed E-state index contributed by atoms with van der Waals surface area (Å²) in [6, 6.07) is 5.57. The molecule has 1 aromatic heterocycles. The predicted octanol–water partition coefficient (Wildman–Crippen LogP) is 0.0962. The summed E-state index contributed by atoms with van der Waals surface area (Å²) in [5.74, 6) is -1.42. The number of esters is 1. The van der Waals surface area contributed by atoms with Crippen LogP contribution in [0.25, 0.3) is 5.69 Å². The molecule has 0 aliphatic carbocycles. The molecule has 1 heterocycles. The average molecular weight is 289 g/mol. The zero-order valence-electron chi connectivity index (χ0n) is 11.4. The molecule has 0 spiro atoms. The molecule has 110 valence electrons. The van der Waals surface area contributed by atoms with Crippen molar-refractivity contribution in [2.24, 2.45) is 5.73 Å². The molecule has 0 aliphatic heterocycles. The summed E-state index contributed by atoms with van der Waals surface area (Å²) >= 11 is 0. The highest BCUT2D eigenvalue weighted by molar-refractivity contribution is 6.08. The zero-order chi connectivity index (χ0) is 15.2. The fourth-order valence-electron chi connectivity index (χ4n) is 1.67. The summed E-state index contributed by atoms with van der Waals surface area (Å²) in [6.45, 7) is 1.80. The van der Waals surface area contributed by atoms with E-state index in [1.807, 2.05) is 0 Å². The molecule has 1 atom stereocenters. The standard InChI is InChI=1S/C13H15N5O3/c1-2-21-13(20)11(14)12(19)16-9-5-3-4-6-10(9)18-8-7-15-17-18/h3-8,11H,2,14H2,1H3,(H,16,19). The Morgan fingerprint density at radius 3 is 2.86 bits per heavy atom. The summed E-state index contributed by atoms with van der Waals surface area (Å²) in [4.78, 5) is 23.4. The second kappa shape index (κ2) is 6.62. The first kappa shape index (κ1) is 14.7.